The van der Waals surface area contributed by atoms with Gasteiger partial charge in [0.05, 0.1) is 36.1 Å². The zero-order valence-electron chi connectivity index (χ0n) is 19.4. The molecule has 172 valence electrons. The molecule has 6 rings (SSSR count). The average Bonchev–Trinajstić information content (AvgIpc) is 3.36. The third-order valence-electron chi connectivity index (χ3n) is 7.47. The summed E-state index contributed by atoms with van der Waals surface area (Å²) in [6, 6.07) is 18.0. The summed E-state index contributed by atoms with van der Waals surface area (Å²) in [5, 5.41) is 5.49. The first kappa shape index (κ1) is 20.7. The number of hydrogen-bond acceptors (Lipinski definition) is 3. The van der Waals surface area contributed by atoms with Crippen LogP contribution in [0.15, 0.2) is 60.8 Å². The van der Waals surface area contributed by atoms with E-state index in [1.165, 1.54) is 11.1 Å². The largest absolute Gasteiger partial charge is 0.351 e. The predicted octanol–water partition coefficient (Wildman–Crippen LogP) is 4.09. The van der Waals surface area contributed by atoms with Crippen LogP contribution in [0, 0.1) is 6.92 Å². The summed E-state index contributed by atoms with van der Waals surface area (Å²) in [6.45, 7) is 3.59. The maximum absolute atomic E-state index is 13.7. The molecule has 0 bridgehead atoms. The number of H-pyrrole nitrogens is 1. The van der Waals surface area contributed by atoms with Crippen LogP contribution in [0.4, 0.5) is 0 Å². The van der Waals surface area contributed by atoms with Gasteiger partial charge in [0.1, 0.15) is 5.69 Å². The van der Waals surface area contributed by atoms with Gasteiger partial charge in [0.2, 0.25) is 0 Å². The maximum Gasteiger partial charge on any atom is 0.270 e. The Hall–Kier alpha value is -3.87. The van der Waals surface area contributed by atoms with Crippen LogP contribution in [-0.2, 0) is 18.6 Å². The monoisotopic (exact) mass is 453 g/mol. The number of aryl methyl sites for hydroxylation is 1. The molecular formula is C27H27N5O2. The van der Waals surface area contributed by atoms with Crippen LogP contribution in [0.3, 0.4) is 0 Å². The molecule has 1 aliphatic heterocycles. The molecule has 0 spiro atoms. The molecule has 2 amide bonds. The summed E-state index contributed by atoms with van der Waals surface area (Å²) in [4.78, 5) is 33.9. The van der Waals surface area contributed by atoms with Crippen LogP contribution in [0.1, 0.15) is 50.5 Å². The molecule has 0 atom stereocenters. The van der Waals surface area contributed by atoms with Crippen LogP contribution < -0.4 is 0 Å². The van der Waals surface area contributed by atoms with Gasteiger partial charge in [-0.25, -0.2) is 0 Å². The van der Waals surface area contributed by atoms with Crippen LogP contribution in [0.5, 0.6) is 0 Å². The lowest BCUT2D eigenvalue weighted by Crippen LogP contribution is -2.41. The van der Waals surface area contributed by atoms with Crippen LogP contribution in [-0.4, -0.2) is 50.0 Å². The van der Waals surface area contributed by atoms with Crippen LogP contribution in [0.2, 0.25) is 0 Å². The van der Waals surface area contributed by atoms with Crippen molar-refractivity contribution in [3.05, 3.63) is 88.9 Å². The molecule has 1 aliphatic carbocycles. The van der Waals surface area contributed by atoms with Gasteiger partial charge in [0.15, 0.2) is 0 Å². The van der Waals surface area contributed by atoms with Gasteiger partial charge < -0.3 is 14.8 Å². The van der Waals surface area contributed by atoms with Gasteiger partial charge in [0.25, 0.3) is 11.8 Å². The highest BCUT2D eigenvalue weighted by Crippen LogP contribution is 2.51. The quantitative estimate of drug-likeness (QED) is 0.506. The molecule has 0 radical (unpaired) electrons. The molecule has 2 aromatic carbocycles. The van der Waals surface area contributed by atoms with Crippen molar-refractivity contribution in [2.45, 2.75) is 38.4 Å². The summed E-state index contributed by atoms with van der Waals surface area (Å²) >= 11 is 0. The van der Waals surface area contributed by atoms with Crippen molar-refractivity contribution >= 4 is 22.7 Å². The molecule has 2 aliphatic rings. The third-order valence-corrected chi connectivity index (χ3v) is 7.47. The number of nitrogens with zero attached hydrogens (tertiary/aromatic N) is 4. The minimum Gasteiger partial charge on any atom is -0.351 e. The summed E-state index contributed by atoms with van der Waals surface area (Å²) in [7, 11) is 1.89. The normalized spacial score (nSPS) is 16.4. The lowest BCUT2D eigenvalue weighted by atomic mass is 9.97. The molecule has 1 saturated carbocycles. The van der Waals surface area contributed by atoms with Gasteiger partial charge in [-0.1, -0.05) is 42.5 Å². The lowest BCUT2D eigenvalue weighted by molar-refractivity contribution is 0.0669. The van der Waals surface area contributed by atoms with Crippen molar-refractivity contribution in [3.8, 4) is 0 Å². The average molecular weight is 454 g/mol. The number of hydrogen-bond donors (Lipinski definition) is 1. The number of amides is 2. The number of nitrogens with one attached hydrogen (secondary N) is 1. The van der Waals surface area contributed by atoms with E-state index in [4.69, 9.17) is 0 Å². The minimum atomic E-state index is -0.258. The summed E-state index contributed by atoms with van der Waals surface area (Å²) < 4.78 is 1.86. The van der Waals surface area contributed by atoms with E-state index in [1.54, 1.807) is 11.1 Å². The predicted molar refractivity (Wildman–Crippen MR) is 129 cm³/mol. The first-order valence-electron chi connectivity index (χ1n) is 11.7. The van der Waals surface area contributed by atoms with Gasteiger partial charge in [-0.3, -0.25) is 14.3 Å². The van der Waals surface area contributed by atoms with Gasteiger partial charge in [-0.2, -0.15) is 5.10 Å². The summed E-state index contributed by atoms with van der Waals surface area (Å²) in [6.07, 6.45) is 3.57. The number of carbonyl (C=O) groups excluding carboxylic acids is 2. The second-order valence-corrected chi connectivity index (χ2v) is 9.44. The zero-order valence-corrected chi connectivity index (χ0v) is 19.4. The van der Waals surface area contributed by atoms with Gasteiger partial charge in [-0.15, -0.1) is 0 Å². The highest BCUT2D eigenvalue weighted by Gasteiger charge is 2.51. The second kappa shape index (κ2) is 7.58. The second-order valence-electron chi connectivity index (χ2n) is 9.44. The highest BCUT2D eigenvalue weighted by atomic mass is 16.2. The minimum absolute atomic E-state index is 0.0399. The number of carbonyl (C=O) groups is 2. The molecule has 7 heteroatoms. The standard InChI is InChI=1S/C27H27N5O2/c1-18-7-3-5-9-21(18)27(11-12-27)30(2)25(33)20-16-28-32-14-13-31(17-24(20)32)26(34)23-15-19-8-4-6-10-22(19)29-23/h3-10,15-16,29H,11-14,17H2,1-2H3. The Balaban J connectivity index is 1.26. The Morgan fingerprint density at radius 2 is 1.82 bits per heavy atom. The van der Waals surface area contributed by atoms with Gasteiger partial charge >= 0.3 is 0 Å². The highest BCUT2D eigenvalue weighted by molar-refractivity contribution is 5.99. The van der Waals surface area contributed by atoms with E-state index in [0.717, 1.165) is 29.4 Å². The van der Waals surface area contributed by atoms with Crippen molar-refractivity contribution in [2.75, 3.05) is 13.6 Å². The van der Waals surface area contributed by atoms with Crippen molar-refractivity contribution in [1.29, 1.82) is 0 Å². The lowest BCUT2D eigenvalue weighted by Gasteiger charge is -2.31. The SMILES string of the molecule is Cc1ccccc1C1(N(C)C(=O)c2cnn3c2CN(C(=O)c2cc4ccccc4[nH]2)CC3)CC1. The maximum atomic E-state index is 13.7. The Morgan fingerprint density at radius 3 is 2.59 bits per heavy atom. The molecule has 3 heterocycles. The summed E-state index contributed by atoms with van der Waals surface area (Å²) in [5.74, 6) is -0.101. The number of benzene rings is 2. The molecule has 1 fully saturated rings. The molecular weight excluding hydrogens is 426 g/mol. The molecule has 1 N–H and O–H groups in total. The van der Waals surface area contributed by atoms with Crippen molar-refractivity contribution in [3.63, 3.8) is 0 Å². The summed E-state index contributed by atoms with van der Waals surface area (Å²) in [5.41, 5.74) is 5.04. The fourth-order valence-electron chi connectivity index (χ4n) is 5.33. The fraction of sp³-hybridized carbons (Fsp3) is 0.296. The van der Waals surface area contributed by atoms with Crippen LogP contribution >= 0.6 is 0 Å². The molecule has 34 heavy (non-hydrogen) atoms. The number of fused-ring (bicyclic) bond motifs is 2. The van der Waals surface area contributed by atoms with E-state index in [1.807, 2.05) is 59.1 Å². The number of para-hydroxylation sites is 1. The first-order chi connectivity index (χ1) is 16.5. The Labute approximate surface area is 198 Å². The van der Waals surface area contributed by atoms with Gasteiger partial charge in [0, 0.05) is 24.5 Å². The Morgan fingerprint density at radius 1 is 1.06 bits per heavy atom. The van der Waals surface area contributed by atoms with Gasteiger partial charge in [-0.05, 0) is 43.0 Å². The van der Waals surface area contributed by atoms with Crippen molar-refractivity contribution in [1.82, 2.24) is 24.6 Å². The molecule has 0 saturated heterocycles. The van der Waals surface area contributed by atoms with E-state index in [9.17, 15) is 9.59 Å². The topological polar surface area (TPSA) is 74.2 Å². The van der Waals surface area contributed by atoms with E-state index in [2.05, 4.69) is 29.1 Å². The van der Waals surface area contributed by atoms with Crippen LogP contribution in [0.25, 0.3) is 10.9 Å². The Kier molecular flexibility index (Phi) is 4.62. The fourth-order valence-corrected chi connectivity index (χ4v) is 5.33. The Bertz CT molecular complexity index is 1390. The molecule has 4 aromatic rings. The van der Waals surface area contributed by atoms with E-state index in [0.29, 0.717) is 30.9 Å². The zero-order chi connectivity index (χ0) is 23.4. The number of rotatable bonds is 4. The number of aromatic nitrogens is 3. The van der Waals surface area contributed by atoms with E-state index >= 15 is 0 Å². The molecule has 0 unspecified atom stereocenters. The molecule has 7 nitrogen and oxygen atoms in total. The molecule has 2 aromatic heterocycles. The van der Waals surface area contributed by atoms with E-state index in [-0.39, 0.29) is 17.4 Å². The number of aromatic amines is 1. The van der Waals surface area contributed by atoms with Crippen molar-refractivity contribution in [2.24, 2.45) is 0 Å². The first-order valence-corrected chi connectivity index (χ1v) is 11.7. The van der Waals surface area contributed by atoms with E-state index < -0.39 is 0 Å². The van der Waals surface area contributed by atoms with Crippen molar-refractivity contribution < 1.29 is 9.59 Å². The third kappa shape index (κ3) is 3.15. The smallest absolute Gasteiger partial charge is 0.270 e.